The zero-order valence-electron chi connectivity index (χ0n) is 8.56. The van der Waals surface area contributed by atoms with Crippen LogP contribution in [0, 0.1) is 0 Å². The third-order valence-electron chi connectivity index (χ3n) is 2.15. The fraction of sp³-hybridized carbons (Fsp3) is 0.500. The summed E-state index contributed by atoms with van der Waals surface area (Å²) in [4.78, 5) is 10.5. The minimum atomic E-state index is -1.07. The van der Waals surface area contributed by atoms with Gasteiger partial charge in [-0.25, -0.2) is 4.79 Å². The molecule has 0 aromatic carbocycles. The van der Waals surface area contributed by atoms with Gasteiger partial charge in [-0.05, 0) is 18.6 Å². The van der Waals surface area contributed by atoms with Crippen molar-refractivity contribution in [1.82, 2.24) is 5.32 Å². The summed E-state index contributed by atoms with van der Waals surface area (Å²) in [6, 6.07) is 3.04. The van der Waals surface area contributed by atoms with Crippen molar-refractivity contribution in [2.45, 2.75) is 25.9 Å². The van der Waals surface area contributed by atoms with E-state index in [4.69, 9.17) is 14.6 Å². The van der Waals surface area contributed by atoms with E-state index < -0.39 is 5.97 Å². The van der Waals surface area contributed by atoms with Crippen LogP contribution in [-0.2, 0) is 6.54 Å². The number of aromatic carboxylic acids is 1. The van der Waals surface area contributed by atoms with Crippen molar-refractivity contribution >= 4 is 5.97 Å². The number of hydrogen-bond acceptors (Lipinski definition) is 4. The Hall–Kier alpha value is -1.33. The third kappa shape index (κ3) is 3.38. The fourth-order valence-electron chi connectivity index (χ4n) is 1.17. The van der Waals surface area contributed by atoms with Crippen LogP contribution in [0.2, 0.25) is 0 Å². The van der Waals surface area contributed by atoms with E-state index in [1.54, 1.807) is 6.07 Å². The van der Waals surface area contributed by atoms with Gasteiger partial charge in [-0.2, -0.15) is 0 Å². The predicted molar refractivity (Wildman–Crippen MR) is 53.7 cm³/mol. The maximum absolute atomic E-state index is 10.5. The summed E-state index contributed by atoms with van der Waals surface area (Å²) in [5.41, 5.74) is 0. The minimum absolute atomic E-state index is 0.0170. The van der Waals surface area contributed by atoms with Gasteiger partial charge in [0, 0.05) is 6.04 Å². The number of carboxylic acid groups (broad SMARTS) is 1. The molecular formula is C10H15NO4. The molecule has 1 heterocycles. The van der Waals surface area contributed by atoms with Crippen molar-refractivity contribution in [3.8, 4) is 0 Å². The lowest BCUT2D eigenvalue weighted by Gasteiger charge is -2.12. The number of carboxylic acids is 1. The molecule has 1 aromatic heterocycles. The number of carbonyl (C=O) groups is 1. The zero-order valence-corrected chi connectivity index (χ0v) is 8.56. The van der Waals surface area contributed by atoms with Crippen LogP contribution in [-0.4, -0.2) is 28.8 Å². The van der Waals surface area contributed by atoms with Gasteiger partial charge in [0.15, 0.2) is 0 Å². The number of nitrogens with one attached hydrogen (secondary N) is 1. The summed E-state index contributed by atoms with van der Waals surface area (Å²) >= 11 is 0. The molecule has 0 aliphatic carbocycles. The number of aliphatic hydroxyl groups excluding tert-OH is 1. The summed E-state index contributed by atoms with van der Waals surface area (Å²) in [6.07, 6.45) is 0.809. The molecule has 0 aliphatic rings. The molecule has 0 aliphatic heterocycles. The van der Waals surface area contributed by atoms with E-state index in [2.05, 4.69) is 5.32 Å². The largest absolute Gasteiger partial charge is 0.475 e. The first-order valence-corrected chi connectivity index (χ1v) is 4.83. The number of rotatable bonds is 6. The van der Waals surface area contributed by atoms with E-state index in [-0.39, 0.29) is 18.4 Å². The molecule has 5 nitrogen and oxygen atoms in total. The lowest BCUT2D eigenvalue weighted by atomic mass is 10.2. The Morgan fingerprint density at radius 2 is 2.33 bits per heavy atom. The molecule has 0 saturated heterocycles. The summed E-state index contributed by atoms with van der Waals surface area (Å²) < 4.78 is 5.04. The molecule has 0 radical (unpaired) electrons. The third-order valence-corrected chi connectivity index (χ3v) is 2.15. The van der Waals surface area contributed by atoms with E-state index in [0.717, 1.165) is 6.42 Å². The summed E-state index contributed by atoms with van der Waals surface area (Å²) in [5.74, 6) is -0.585. The molecule has 1 rings (SSSR count). The monoisotopic (exact) mass is 213 g/mol. The summed E-state index contributed by atoms with van der Waals surface area (Å²) in [6.45, 7) is 2.44. The Kier molecular flexibility index (Phi) is 4.33. The molecule has 3 N–H and O–H groups in total. The smallest absolute Gasteiger partial charge is 0.371 e. The van der Waals surface area contributed by atoms with Gasteiger partial charge in [0.1, 0.15) is 5.76 Å². The molecule has 1 aromatic rings. The topological polar surface area (TPSA) is 82.7 Å². The average Bonchev–Trinajstić information content (AvgIpc) is 2.68. The molecule has 0 fully saturated rings. The van der Waals surface area contributed by atoms with Crippen molar-refractivity contribution in [3.05, 3.63) is 23.7 Å². The lowest BCUT2D eigenvalue weighted by Crippen LogP contribution is -2.30. The summed E-state index contributed by atoms with van der Waals surface area (Å²) in [5, 5.41) is 20.6. The van der Waals surface area contributed by atoms with Crippen molar-refractivity contribution in [2.75, 3.05) is 6.61 Å². The number of aliphatic hydroxyl groups is 1. The van der Waals surface area contributed by atoms with Gasteiger partial charge in [-0.3, -0.25) is 0 Å². The van der Waals surface area contributed by atoms with Gasteiger partial charge in [0.25, 0.3) is 0 Å². The van der Waals surface area contributed by atoms with Gasteiger partial charge in [-0.15, -0.1) is 0 Å². The van der Waals surface area contributed by atoms with E-state index in [1.807, 2.05) is 6.92 Å². The van der Waals surface area contributed by atoms with Crippen molar-refractivity contribution < 1.29 is 19.4 Å². The highest BCUT2D eigenvalue weighted by Gasteiger charge is 2.10. The lowest BCUT2D eigenvalue weighted by molar-refractivity contribution is 0.0660. The van der Waals surface area contributed by atoms with E-state index in [0.29, 0.717) is 12.3 Å². The molecule has 5 heteroatoms. The first kappa shape index (κ1) is 11.7. The van der Waals surface area contributed by atoms with Crippen LogP contribution in [0.25, 0.3) is 0 Å². The van der Waals surface area contributed by atoms with Crippen LogP contribution in [0.3, 0.4) is 0 Å². The Labute approximate surface area is 87.7 Å². The molecule has 0 saturated carbocycles. The molecule has 84 valence electrons. The normalized spacial score (nSPS) is 12.7. The second-order valence-corrected chi connectivity index (χ2v) is 3.24. The highest BCUT2D eigenvalue weighted by atomic mass is 16.4. The zero-order chi connectivity index (χ0) is 11.3. The molecule has 0 amide bonds. The predicted octanol–water partition coefficient (Wildman–Crippen LogP) is 0.838. The molecular weight excluding hydrogens is 198 g/mol. The van der Waals surface area contributed by atoms with Gasteiger partial charge in [0.2, 0.25) is 5.76 Å². The highest BCUT2D eigenvalue weighted by Crippen LogP contribution is 2.07. The average molecular weight is 213 g/mol. The van der Waals surface area contributed by atoms with Crippen molar-refractivity contribution in [3.63, 3.8) is 0 Å². The standard InChI is InChI=1S/C10H15NO4/c1-2-7(6-12)11-5-8-3-4-9(15-8)10(13)14/h3-4,7,11-12H,2,5-6H2,1H3,(H,13,14)/t7-/m0/s1. The Morgan fingerprint density at radius 1 is 1.60 bits per heavy atom. The molecule has 0 unspecified atom stereocenters. The van der Waals surface area contributed by atoms with Gasteiger partial charge in [-0.1, -0.05) is 6.92 Å². The highest BCUT2D eigenvalue weighted by molar-refractivity contribution is 5.84. The molecule has 1 atom stereocenters. The van der Waals surface area contributed by atoms with Gasteiger partial charge in [0.05, 0.1) is 13.2 Å². The molecule has 0 spiro atoms. The Bertz CT molecular complexity index is 317. The maximum Gasteiger partial charge on any atom is 0.371 e. The van der Waals surface area contributed by atoms with Crippen LogP contribution in [0.1, 0.15) is 29.7 Å². The fourth-order valence-corrected chi connectivity index (χ4v) is 1.17. The van der Waals surface area contributed by atoms with Gasteiger partial charge < -0.3 is 19.9 Å². The molecule has 15 heavy (non-hydrogen) atoms. The minimum Gasteiger partial charge on any atom is -0.475 e. The van der Waals surface area contributed by atoms with E-state index in [1.165, 1.54) is 6.07 Å². The summed E-state index contributed by atoms with van der Waals surface area (Å²) in [7, 11) is 0. The van der Waals surface area contributed by atoms with Gasteiger partial charge >= 0.3 is 5.97 Å². The van der Waals surface area contributed by atoms with Crippen molar-refractivity contribution in [2.24, 2.45) is 0 Å². The van der Waals surface area contributed by atoms with Crippen LogP contribution < -0.4 is 5.32 Å². The first-order valence-electron chi connectivity index (χ1n) is 4.83. The Balaban J connectivity index is 2.47. The maximum atomic E-state index is 10.5. The SMILES string of the molecule is CC[C@@H](CO)NCc1ccc(C(=O)O)o1. The number of hydrogen-bond donors (Lipinski definition) is 3. The Morgan fingerprint density at radius 3 is 2.80 bits per heavy atom. The quantitative estimate of drug-likeness (QED) is 0.652. The van der Waals surface area contributed by atoms with Crippen LogP contribution in [0.15, 0.2) is 16.5 Å². The van der Waals surface area contributed by atoms with Crippen LogP contribution in [0.5, 0.6) is 0 Å². The molecule has 0 bridgehead atoms. The van der Waals surface area contributed by atoms with E-state index in [9.17, 15) is 4.79 Å². The number of furan rings is 1. The van der Waals surface area contributed by atoms with Crippen LogP contribution in [0.4, 0.5) is 0 Å². The second-order valence-electron chi connectivity index (χ2n) is 3.24. The first-order chi connectivity index (χ1) is 7.17. The van der Waals surface area contributed by atoms with Crippen LogP contribution >= 0.6 is 0 Å². The van der Waals surface area contributed by atoms with Crippen molar-refractivity contribution in [1.29, 1.82) is 0 Å². The second kappa shape index (κ2) is 5.53. The van der Waals surface area contributed by atoms with E-state index >= 15 is 0 Å².